The molecule has 1 fully saturated rings. The lowest BCUT2D eigenvalue weighted by molar-refractivity contribution is -0.145. The molecular weight excluding hydrogens is 232 g/mol. The van der Waals surface area contributed by atoms with E-state index < -0.39 is 0 Å². The monoisotopic (exact) mass is 256 g/mol. The Morgan fingerprint density at radius 2 is 1.89 bits per heavy atom. The van der Waals surface area contributed by atoms with Crippen molar-refractivity contribution in [2.45, 2.75) is 39.2 Å². The number of carbonyl (C=O) groups excluding carboxylic acids is 2. The summed E-state index contributed by atoms with van der Waals surface area (Å²) in [5.41, 5.74) is 0. The van der Waals surface area contributed by atoms with Crippen LogP contribution in [0.15, 0.2) is 0 Å². The predicted molar refractivity (Wildman–Crippen MR) is 69.1 cm³/mol. The summed E-state index contributed by atoms with van der Waals surface area (Å²) in [6.07, 6.45) is 2.74. The number of esters is 1. The second-order valence-electron chi connectivity index (χ2n) is 4.89. The van der Waals surface area contributed by atoms with Gasteiger partial charge in [-0.2, -0.15) is 0 Å². The molecule has 104 valence electrons. The normalized spacial score (nSPS) is 18.5. The molecule has 18 heavy (non-hydrogen) atoms. The van der Waals surface area contributed by atoms with Gasteiger partial charge in [0.15, 0.2) is 0 Å². The summed E-state index contributed by atoms with van der Waals surface area (Å²) in [7, 11) is 1.39. The quantitative estimate of drug-likeness (QED) is 0.714. The molecule has 5 nitrogen and oxygen atoms in total. The van der Waals surface area contributed by atoms with Crippen molar-refractivity contribution in [3.05, 3.63) is 0 Å². The highest BCUT2D eigenvalue weighted by molar-refractivity contribution is 5.76. The van der Waals surface area contributed by atoms with Crippen molar-refractivity contribution in [3.8, 4) is 0 Å². The molecule has 1 amide bonds. The van der Waals surface area contributed by atoms with E-state index in [0.717, 1.165) is 25.9 Å². The minimum absolute atomic E-state index is 0.0174. The van der Waals surface area contributed by atoms with Gasteiger partial charge in [-0.15, -0.1) is 0 Å². The highest BCUT2D eigenvalue weighted by Crippen LogP contribution is 2.09. The summed E-state index contributed by atoms with van der Waals surface area (Å²) in [6.45, 7) is 6.16. The molecule has 0 aromatic carbocycles. The van der Waals surface area contributed by atoms with Gasteiger partial charge in [-0.3, -0.25) is 9.59 Å². The molecule has 2 unspecified atom stereocenters. The average molecular weight is 256 g/mol. The van der Waals surface area contributed by atoms with Gasteiger partial charge in [0.25, 0.3) is 0 Å². The fraction of sp³-hybridized carbons (Fsp3) is 0.846. The van der Waals surface area contributed by atoms with Gasteiger partial charge in [0, 0.05) is 32.1 Å². The molecule has 1 heterocycles. The molecule has 1 rings (SSSR count). The van der Waals surface area contributed by atoms with Gasteiger partial charge in [0.05, 0.1) is 13.0 Å². The van der Waals surface area contributed by atoms with Crippen molar-refractivity contribution < 1.29 is 14.3 Å². The molecule has 1 N–H and O–H groups in total. The van der Waals surface area contributed by atoms with E-state index in [1.807, 2.05) is 18.7 Å². The zero-order chi connectivity index (χ0) is 13.5. The van der Waals surface area contributed by atoms with E-state index in [-0.39, 0.29) is 23.8 Å². The Morgan fingerprint density at radius 3 is 2.44 bits per heavy atom. The Kier molecular flexibility index (Phi) is 6.12. The van der Waals surface area contributed by atoms with Crippen LogP contribution < -0.4 is 5.32 Å². The van der Waals surface area contributed by atoms with Gasteiger partial charge in [0.1, 0.15) is 0 Å². The topological polar surface area (TPSA) is 58.6 Å². The van der Waals surface area contributed by atoms with Gasteiger partial charge in [-0.05, 0) is 19.8 Å². The fourth-order valence-corrected chi connectivity index (χ4v) is 2.10. The summed E-state index contributed by atoms with van der Waals surface area (Å²) >= 11 is 0. The molecular formula is C13H24N2O3. The first-order chi connectivity index (χ1) is 8.56. The molecule has 1 saturated heterocycles. The molecule has 1 aliphatic rings. The third-order valence-corrected chi connectivity index (χ3v) is 3.59. The van der Waals surface area contributed by atoms with E-state index in [9.17, 15) is 9.59 Å². The van der Waals surface area contributed by atoms with Crippen molar-refractivity contribution in [3.63, 3.8) is 0 Å². The van der Waals surface area contributed by atoms with Gasteiger partial charge in [-0.25, -0.2) is 0 Å². The molecule has 0 aliphatic carbocycles. The molecule has 0 radical (unpaired) electrons. The number of amides is 1. The Bertz CT molecular complexity index is 288. The second kappa shape index (κ2) is 7.36. The SMILES string of the molecule is COC(=O)C(C)C(C)NCCC(=O)N1CCCC1. The fourth-order valence-electron chi connectivity index (χ4n) is 2.10. The predicted octanol–water partition coefficient (Wildman–Crippen LogP) is 0.786. The van der Waals surface area contributed by atoms with Crippen LogP contribution in [0, 0.1) is 5.92 Å². The highest BCUT2D eigenvalue weighted by Gasteiger charge is 2.21. The van der Waals surface area contributed by atoms with Crippen LogP contribution in [-0.4, -0.2) is 49.6 Å². The number of nitrogens with zero attached hydrogens (tertiary/aromatic N) is 1. The maximum absolute atomic E-state index is 11.8. The maximum Gasteiger partial charge on any atom is 0.309 e. The first-order valence-corrected chi connectivity index (χ1v) is 6.65. The number of methoxy groups -OCH3 is 1. The van der Waals surface area contributed by atoms with E-state index in [1.165, 1.54) is 7.11 Å². The molecule has 0 saturated carbocycles. The molecule has 0 spiro atoms. The lowest BCUT2D eigenvalue weighted by atomic mass is 10.0. The van der Waals surface area contributed by atoms with Gasteiger partial charge < -0.3 is 15.0 Å². The van der Waals surface area contributed by atoms with Crippen molar-refractivity contribution in [2.75, 3.05) is 26.7 Å². The summed E-state index contributed by atoms with van der Waals surface area (Å²) in [5, 5.41) is 3.20. The van der Waals surface area contributed by atoms with Crippen LogP contribution in [0.25, 0.3) is 0 Å². The average Bonchev–Trinajstić information content (AvgIpc) is 2.90. The Morgan fingerprint density at radius 1 is 1.28 bits per heavy atom. The van der Waals surface area contributed by atoms with Crippen LogP contribution >= 0.6 is 0 Å². The number of hydrogen-bond acceptors (Lipinski definition) is 4. The number of nitrogens with one attached hydrogen (secondary N) is 1. The minimum Gasteiger partial charge on any atom is -0.469 e. The summed E-state index contributed by atoms with van der Waals surface area (Å²) < 4.78 is 4.69. The van der Waals surface area contributed by atoms with Crippen molar-refractivity contribution >= 4 is 11.9 Å². The first kappa shape index (κ1) is 15.0. The largest absolute Gasteiger partial charge is 0.469 e. The van der Waals surface area contributed by atoms with E-state index in [2.05, 4.69) is 10.1 Å². The number of rotatable bonds is 6. The van der Waals surface area contributed by atoms with Crippen LogP contribution in [0.1, 0.15) is 33.1 Å². The van der Waals surface area contributed by atoms with E-state index in [0.29, 0.717) is 13.0 Å². The molecule has 0 aromatic heterocycles. The van der Waals surface area contributed by atoms with Gasteiger partial charge >= 0.3 is 5.97 Å². The van der Waals surface area contributed by atoms with Crippen LogP contribution in [0.3, 0.4) is 0 Å². The lowest BCUT2D eigenvalue weighted by Crippen LogP contribution is -2.39. The smallest absolute Gasteiger partial charge is 0.309 e. The van der Waals surface area contributed by atoms with Crippen LogP contribution in [0.4, 0.5) is 0 Å². The Hall–Kier alpha value is -1.10. The molecule has 2 atom stereocenters. The van der Waals surface area contributed by atoms with E-state index in [1.54, 1.807) is 0 Å². The van der Waals surface area contributed by atoms with Crippen LogP contribution in [0.5, 0.6) is 0 Å². The molecule has 0 bridgehead atoms. The molecule has 0 aromatic rings. The second-order valence-corrected chi connectivity index (χ2v) is 4.89. The third kappa shape index (κ3) is 4.29. The lowest BCUT2D eigenvalue weighted by Gasteiger charge is -2.20. The van der Waals surface area contributed by atoms with Crippen LogP contribution in [0.2, 0.25) is 0 Å². The first-order valence-electron chi connectivity index (χ1n) is 6.65. The molecule has 1 aliphatic heterocycles. The van der Waals surface area contributed by atoms with E-state index in [4.69, 9.17) is 0 Å². The maximum atomic E-state index is 11.8. The summed E-state index contributed by atoms with van der Waals surface area (Å²) in [5.74, 6) is -0.212. The number of ether oxygens (including phenoxy) is 1. The summed E-state index contributed by atoms with van der Waals surface area (Å²) in [6, 6.07) is 0.0174. The van der Waals surface area contributed by atoms with E-state index >= 15 is 0 Å². The van der Waals surface area contributed by atoms with Crippen molar-refractivity contribution in [1.29, 1.82) is 0 Å². The highest BCUT2D eigenvalue weighted by atomic mass is 16.5. The van der Waals surface area contributed by atoms with Crippen molar-refractivity contribution in [2.24, 2.45) is 5.92 Å². The van der Waals surface area contributed by atoms with Gasteiger partial charge in [0.2, 0.25) is 5.91 Å². The third-order valence-electron chi connectivity index (χ3n) is 3.59. The Labute approximate surface area is 109 Å². The standard InChI is InChI=1S/C13H24N2O3/c1-10(13(17)18-3)11(2)14-7-6-12(16)15-8-4-5-9-15/h10-11,14H,4-9H2,1-3H3. The number of likely N-dealkylation sites (tertiary alicyclic amines) is 1. The minimum atomic E-state index is -0.221. The van der Waals surface area contributed by atoms with Crippen LogP contribution in [-0.2, 0) is 14.3 Å². The van der Waals surface area contributed by atoms with Crippen molar-refractivity contribution in [1.82, 2.24) is 10.2 Å². The Balaban J connectivity index is 2.20. The zero-order valence-electron chi connectivity index (χ0n) is 11.6. The summed E-state index contributed by atoms with van der Waals surface area (Å²) in [4.78, 5) is 25.0. The van der Waals surface area contributed by atoms with Gasteiger partial charge in [-0.1, -0.05) is 6.92 Å². The number of carbonyl (C=O) groups is 2. The molecule has 5 heteroatoms. The zero-order valence-corrected chi connectivity index (χ0v) is 11.6. The number of hydrogen-bond donors (Lipinski definition) is 1.